The lowest BCUT2D eigenvalue weighted by molar-refractivity contribution is 0.251. The van der Waals surface area contributed by atoms with Crippen LogP contribution in [0.2, 0.25) is 0 Å². The second-order valence-corrected chi connectivity index (χ2v) is 8.91. The zero-order valence-electron chi connectivity index (χ0n) is 20.0. The van der Waals surface area contributed by atoms with E-state index in [9.17, 15) is 0 Å². The lowest BCUT2D eigenvalue weighted by Crippen LogP contribution is -2.32. The molecule has 0 fully saturated rings. The van der Waals surface area contributed by atoms with Gasteiger partial charge in [0.2, 0.25) is 0 Å². The third-order valence-electron chi connectivity index (χ3n) is 6.79. The van der Waals surface area contributed by atoms with Crippen molar-refractivity contribution in [3.8, 4) is 0 Å². The van der Waals surface area contributed by atoms with Crippen LogP contribution in [0.4, 0.5) is 0 Å². The molecular weight excluding hydrogens is 382 g/mol. The van der Waals surface area contributed by atoms with Crippen molar-refractivity contribution >= 4 is 0 Å². The molecule has 2 aliphatic heterocycles. The van der Waals surface area contributed by atoms with Gasteiger partial charge < -0.3 is 16.0 Å². The standard InChI is InChI=1S/C26H41N5/c1-20-22(3)26-19-31(18-24-7-12-29-13-8-24)16-6-11-28-15-14-27-9-5-10-30-17-25(20)21(2)23(26)4/h7-8,12-13,27-28,30H,5-6,9-11,14-19H2,1-4H3. The molecule has 0 saturated carbocycles. The summed E-state index contributed by atoms with van der Waals surface area (Å²) in [6.45, 7) is 18.5. The Hall–Kier alpha value is -1.79. The fourth-order valence-electron chi connectivity index (χ4n) is 4.56. The Bertz CT molecular complexity index is 789. The molecule has 1 aromatic heterocycles. The SMILES string of the molecule is Cc1c(C)c2c(C)c(C)c1CNCCCNCCNCCCN(Cc1ccncc1)C2. The summed E-state index contributed by atoms with van der Waals surface area (Å²) >= 11 is 0. The maximum Gasteiger partial charge on any atom is 0.0271 e. The Morgan fingerprint density at radius 3 is 2.00 bits per heavy atom. The molecule has 0 spiro atoms. The summed E-state index contributed by atoms with van der Waals surface area (Å²) in [6.07, 6.45) is 6.12. The second kappa shape index (κ2) is 12.3. The van der Waals surface area contributed by atoms with Crippen molar-refractivity contribution in [2.24, 2.45) is 0 Å². The Balaban J connectivity index is 1.85. The smallest absolute Gasteiger partial charge is 0.0271 e. The largest absolute Gasteiger partial charge is 0.315 e. The molecule has 5 heteroatoms. The van der Waals surface area contributed by atoms with Crippen LogP contribution in [0.25, 0.3) is 0 Å². The summed E-state index contributed by atoms with van der Waals surface area (Å²) < 4.78 is 0. The van der Waals surface area contributed by atoms with E-state index in [2.05, 4.69) is 65.7 Å². The van der Waals surface area contributed by atoms with Crippen molar-refractivity contribution < 1.29 is 0 Å². The first kappa shape index (κ1) is 23.9. The number of benzene rings is 1. The monoisotopic (exact) mass is 423 g/mol. The van der Waals surface area contributed by atoms with Crippen LogP contribution in [-0.4, -0.2) is 49.2 Å². The van der Waals surface area contributed by atoms with Crippen molar-refractivity contribution in [2.45, 2.75) is 60.2 Å². The third kappa shape index (κ3) is 6.84. The lowest BCUT2D eigenvalue weighted by atomic mass is 9.88. The molecule has 2 bridgehead atoms. The van der Waals surface area contributed by atoms with Crippen molar-refractivity contribution in [1.29, 1.82) is 0 Å². The molecular formula is C26H41N5. The second-order valence-electron chi connectivity index (χ2n) is 8.91. The molecule has 2 aromatic rings. The van der Waals surface area contributed by atoms with E-state index in [0.717, 1.165) is 71.7 Å². The molecule has 31 heavy (non-hydrogen) atoms. The summed E-state index contributed by atoms with van der Waals surface area (Å²) in [4.78, 5) is 6.79. The van der Waals surface area contributed by atoms with Crippen molar-refractivity contribution in [2.75, 3.05) is 39.3 Å². The minimum Gasteiger partial charge on any atom is -0.315 e. The average molecular weight is 424 g/mol. The minimum atomic E-state index is 0.960. The van der Waals surface area contributed by atoms with Crippen LogP contribution in [0.1, 0.15) is 51.8 Å². The van der Waals surface area contributed by atoms with E-state index in [-0.39, 0.29) is 0 Å². The molecule has 0 saturated heterocycles. The molecule has 3 N–H and O–H groups in total. The summed E-state index contributed by atoms with van der Waals surface area (Å²) in [6, 6.07) is 4.28. The van der Waals surface area contributed by atoms with Gasteiger partial charge in [0.15, 0.2) is 0 Å². The van der Waals surface area contributed by atoms with E-state index in [1.165, 1.54) is 38.9 Å². The Morgan fingerprint density at radius 1 is 0.742 bits per heavy atom. The summed E-state index contributed by atoms with van der Waals surface area (Å²) in [5.41, 5.74) is 10.1. The number of fused-ring (bicyclic) bond motifs is 15. The van der Waals surface area contributed by atoms with E-state index in [1.807, 2.05) is 12.4 Å². The first-order valence-electron chi connectivity index (χ1n) is 11.9. The lowest BCUT2D eigenvalue weighted by Gasteiger charge is -2.27. The molecule has 0 aliphatic carbocycles. The number of hydrogen-bond acceptors (Lipinski definition) is 5. The predicted octanol–water partition coefficient (Wildman–Crippen LogP) is 3.38. The molecule has 170 valence electrons. The Kier molecular flexibility index (Phi) is 9.47. The maximum absolute atomic E-state index is 4.19. The fourth-order valence-corrected chi connectivity index (χ4v) is 4.56. The highest BCUT2D eigenvalue weighted by atomic mass is 15.1. The van der Waals surface area contributed by atoms with Gasteiger partial charge >= 0.3 is 0 Å². The molecule has 1 aromatic carbocycles. The predicted molar refractivity (Wildman–Crippen MR) is 130 cm³/mol. The molecule has 5 nitrogen and oxygen atoms in total. The number of hydrogen-bond donors (Lipinski definition) is 3. The first-order valence-corrected chi connectivity index (χ1v) is 11.9. The van der Waals surface area contributed by atoms with Crippen LogP contribution in [0.5, 0.6) is 0 Å². The average Bonchev–Trinajstić information content (AvgIpc) is 2.78. The van der Waals surface area contributed by atoms with Gasteiger partial charge in [-0.1, -0.05) is 0 Å². The number of aromatic nitrogens is 1. The van der Waals surface area contributed by atoms with E-state index in [0.29, 0.717) is 0 Å². The number of pyridine rings is 1. The molecule has 0 atom stereocenters. The highest BCUT2D eigenvalue weighted by Crippen LogP contribution is 2.28. The van der Waals surface area contributed by atoms with Gasteiger partial charge in [-0.15, -0.1) is 0 Å². The van der Waals surface area contributed by atoms with Crippen LogP contribution >= 0.6 is 0 Å². The number of rotatable bonds is 2. The van der Waals surface area contributed by atoms with Crippen LogP contribution in [-0.2, 0) is 19.6 Å². The fraction of sp³-hybridized carbons (Fsp3) is 0.577. The van der Waals surface area contributed by atoms with Gasteiger partial charge in [0, 0.05) is 51.7 Å². The normalized spacial score (nSPS) is 17.9. The highest BCUT2D eigenvalue weighted by Gasteiger charge is 2.17. The molecule has 4 rings (SSSR count). The maximum atomic E-state index is 4.19. The Labute approximate surface area is 189 Å². The van der Waals surface area contributed by atoms with Crippen molar-refractivity contribution in [1.82, 2.24) is 25.8 Å². The minimum absolute atomic E-state index is 0.960. The van der Waals surface area contributed by atoms with Gasteiger partial charge in [-0.3, -0.25) is 9.88 Å². The van der Waals surface area contributed by atoms with Gasteiger partial charge in [-0.25, -0.2) is 0 Å². The quantitative estimate of drug-likeness (QED) is 0.691. The van der Waals surface area contributed by atoms with Crippen molar-refractivity contribution in [3.63, 3.8) is 0 Å². The van der Waals surface area contributed by atoms with Gasteiger partial charge in [0.05, 0.1) is 0 Å². The van der Waals surface area contributed by atoms with Gasteiger partial charge in [-0.05, 0) is 111 Å². The van der Waals surface area contributed by atoms with E-state index >= 15 is 0 Å². The zero-order chi connectivity index (χ0) is 22.1. The first-order chi connectivity index (χ1) is 15.1. The third-order valence-corrected chi connectivity index (χ3v) is 6.79. The molecule has 3 heterocycles. The summed E-state index contributed by atoms with van der Waals surface area (Å²) in [7, 11) is 0. The summed E-state index contributed by atoms with van der Waals surface area (Å²) in [5.74, 6) is 0. The van der Waals surface area contributed by atoms with Gasteiger partial charge in [0.25, 0.3) is 0 Å². The molecule has 0 radical (unpaired) electrons. The molecule has 0 amide bonds. The van der Waals surface area contributed by atoms with Gasteiger partial charge in [-0.2, -0.15) is 0 Å². The highest BCUT2D eigenvalue weighted by molar-refractivity contribution is 5.50. The molecule has 0 unspecified atom stereocenters. The van der Waals surface area contributed by atoms with E-state index in [1.54, 1.807) is 0 Å². The van der Waals surface area contributed by atoms with E-state index in [4.69, 9.17) is 0 Å². The van der Waals surface area contributed by atoms with Crippen LogP contribution in [0.3, 0.4) is 0 Å². The van der Waals surface area contributed by atoms with E-state index < -0.39 is 0 Å². The number of nitrogens with zero attached hydrogens (tertiary/aromatic N) is 2. The Morgan fingerprint density at radius 2 is 1.32 bits per heavy atom. The van der Waals surface area contributed by atoms with Crippen LogP contribution < -0.4 is 16.0 Å². The van der Waals surface area contributed by atoms with Crippen LogP contribution in [0, 0.1) is 27.7 Å². The topological polar surface area (TPSA) is 52.2 Å². The molecule has 2 aliphatic rings. The van der Waals surface area contributed by atoms with Crippen molar-refractivity contribution in [3.05, 3.63) is 63.5 Å². The number of nitrogens with one attached hydrogen (secondary N) is 3. The zero-order valence-corrected chi connectivity index (χ0v) is 20.0. The van der Waals surface area contributed by atoms with Crippen LogP contribution in [0.15, 0.2) is 24.5 Å². The summed E-state index contributed by atoms with van der Waals surface area (Å²) in [5, 5.41) is 10.8. The van der Waals surface area contributed by atoms with Gasteiger partial charge in [0.1, 0.15) is 0 Å².